The fraction of sp³-hybridized carbons (Fsp3) is 0.176. The summed E-state index contributed by atoms with van der Waals surface area (Å²) in [7, 11) is 0. The molecule has 3 rings (SSSR count). The molecule has 0 amide bonds. The first-order valence-electron chi connectivity index (χ1n) is 6.91. The largest absolute Gasteiger partial charge is 0.481 e. The highest BCUT2D eigenvalue weighted by atomic mass is 19.1. The molecule has 0 aliphatic rings. The van der Waals surface area contributed by atoms with E-state index in [1.54, 1.807) is 23.5 Å². The maximum Gasteiger partial charge on any atom is 0.309 e. The van der Waals surface area contributed by atoms with Crippen LogP contribution in [0.4, 0.5) is 4.39 Å². The Morgan fingerprint density at radius 2 is 2.05 bits per heavy atom. The van der Waals surface area contributed by atoms with Gasteiger partial charge < -0.3 is 9.51 Å². The van der Waals surface area contributed by atoms with Crippen molar-refractivity contribution in [3.63, 3.8) is 0 Å². The fourth-order valence-corrected chi connectivity index (χ4v) is 2.53. The molecule has 0 saturated heterocycles. The number of fused-ring (bicyclic) bond motifs is 1. The molecule has 0 radical (unpaired) electrons. The maximum atomic E-state index is 13.5. The van der Waals surface area contributed by atoms with E-state index in [0.29, 0.717) is 22.6 Å². The smallest absolute Gasteiger partial charge is 0.309 e. The number of nitrogens with zero attached hydrogens (tertiary/aromatic N) is 2. The highest BCUT2D eigenvalue weighted by Gasteiger charge is 2.17. The SMILES string of the molecule is Cc1ccn2c(CC(=O)O)c(-c3ccc(F)c(C)c3)nc2c1. The number of hydrogen-bond acceptors (Lipinski definition) is 2. The highest BCUT2D eigenvalue weighted by molar-refractivity contribution is 5.76. The van der Waals surface area contributed by atoms with E-state index in [1.807, 2.05) is 25.3 Å². The Morgan fingerprint density at radius 3 is 2.73 bits per heavy atom. The summed E-state index contributed by atoms with van der Waals surface area (Å²) in [6.07, 6.45) is 1.67. The van der Waals surface area contributed by atoms with Gasteiger partial charge in [-0.05, 0) is 55.3 Å². The summed E-state index contributed by atoms with van der Waals surface area (Å²) in [5, 5.41) is 9.17. The van der Waals surface area contributed by atoms with Crippen molar-refractivity contribution >= 4 is 11.6 Å². The zero-order valence-corrected chi connectivity index (χ0v) is 12.3. The summed E-state index contributed by atoms with van der Waals surface area (Å²) in [4.78, 5) is 15.7. The minimum Gasteiger partial charge on any atom is -0.481 e. The quantitative estimate of drug-likeness (QED) is 0.806. The molecule has 22 heavy (non-hydrogen) atoms. The number of carboxylic acid groups (broad SMARTS) is 1. The third-order valence-electron chi connectivity index (χ3n) is 3.63. The van der Waals surface area contributed by atoms with Crippen LogP contribution >= 0.6 is 0 Å². The van der Waals surface area contributed by atoms with Gasteiger partial charge in [0.15, 0.2) is 0 Å². The molecule has 0 spiro atoms. The number of benzene rings is 1. The van der Waals surface area contributed by atoms with E-state index in [4.69, 9.17) is 5.11 Å². The first-order valence-corrected chi connectivity index (χ1v) is 6.91. The van der Waals surface area contributed by atoms with Crippen LogP contribution in [0.5, 0.6) is 0 Å². The van der Waals surface area contributed by atoms with Gasteiger partial charge in [-0.3, -0.25) is 4.79 Å². The van der Waals surface area contributed by atoms with Gasteiger partial charge in [-0.25, -0.2) is 9.37 Å². The van der Waals surface area contributed by atoms with Crippen molar-refractivity contribution in [2.24, 2.45) is 0 Å². The summed E-state index contributed by atoms with van der Waals surface area (Å²) < 4.78 is 15.2. The molecule has 0 fully saturated rings. The molecule has 5 heteroatoms. The summed E-state index contributed by atoms with van der Waals surface area (Å²) in [5.41, 5.74) is 4.13. The number of rotatable bonds is 3. The molecule has 1 N–H and O–H groups in total. The van der Waals surface area contributed by atoms with Crippen LogP contribution in [0, 0.1) is 19.7 Å². The molecular formula is C17H15FN2O2. The van der Waals surface area contributed by atoms with Crippen molar-refractivity contribution in [1.82, 2.24) is 9.38 Å². The summed E-state index contributed by atoms with van der Waals surface area (Å²) in [5.74, 6) is -1.22. The van der Waals surface area contributed by atoms with Crippen LogP contribution in [0.2, 0.25) is 0 Å². The van der Waals surface area contributed by atoms with Gasteiger partial charge in [0.1, 0.15) is 11.5 Å². The Hall–Kier alpha value is -2.69. The Bertz CT molecular complexity index is 884. The van der Waals surface area contributed by atoms with Crippen molar-refractivity contribution in [3.05, 3.63) is 59.2 Å². The van der Waals surface area contributed by atoms with Crippen molar-refractivity contribution in [3.8, 4) is 11.3 Å². The van der Waals surface area contributed by atoms with Gasteiger partial charge in [0.25, 0.3) is 0 Å². The molecule has 0 atom stereocenters. The molecule has 0 saturated carbocycles. The van der Waals surface area contributed by atoms with Crippen molar-refractivity contribution in [2.45, 2.75) is 20.3 Å². The lowest BCUT2D eigenvalue weighted by molar-refractivity contribution is -0.136. The third-order valence-corrected chi connectivity index (χ3v) is 3.63. The minimum absolute atomic E-state index is 0.143. The maximum absolute atomic E-state index is 13.5. The Morgan fingerprint density at radius 1 is 1.27 bits per heavy atom. The number of hydrogen-bond donors (Lipinski definition) is 1. The first-order chi connectivity index (χ1) is 10.5. The number of aromatic nitrogens is 2. The summed E-state index contributed by atoms with van der Waals surface area (Å²) in [6.45, 7) is 3.63. The number of imidazole rings is 1. The monoisotopic (exact) mass is 298 g/mol. The van der Waals surface area contributed by atoms with E-state index in [9.17, 15) is 9.18 Å². The lowest BCUT2D eigenvalue weighted by Crippen LogP contribution is -2.04. The Labute approximate surface area is 126 Å². The highest BCUT2D eigenvalue weighted by Crippen LogP contribution is 2.27. The van der Waals surface area contributed by atoms with E-state index in [2.05, 4.69) is 4.98 Å². The predicted octanol–water partition coefficient (Wildman–Crippen LogP) is 3.38. The zero-order chi connectivity index (χ0) is 15.9. The van der Waals surface area contributed by atoms with E-state index in [1.165, 1.54) is 6.07 Å². The standard InChI is InChI=1S/C17H15FN2O2/c1-10-5-6-20-14(9-16(21)22)17(19-15(20)7-10)12-3-4-13(18)11(2)8-12/h3-8H,9H2,1-2H3,(H,21,22). The van der Waals surface area contributed by atoms with E-state index >= 15 is 0 Å². The lowest BCUT2D eigenvalue weighted by atomic mass is 10.1. The topological polar surface area (TPSA) is 54.6 Å². The van der Waals surface area contributed by atoms with Crippen molar-refractivity contribution in [1.29, 1.82) is 0 Å². The van der Waals surface area contributed by atoms with Crippen LogP contribution in [0.15, 0.2) is 36.5 Å². The van der Waals surface area contributed by atoms with Gasteiger partial charge in [0.2, 0.25) is 0 Å². The number of aliphatic carboxylic acids is 1. The van der Waals surface area contributed by atoms with Crippen LogP contribution < -0.4 is 0 Å². The van der Waals surface area contributed by atoms with E-state index < -0.39 is 5.97 Å². The lowest BCUT2D eigenvalue weighted by Gasteiger charge is -2.04. The van der Waals surface area contributed by atoms with E-state index in [-0.39, 0.29) is 12.2 Å². The molecule has 2 aromatic heterocycles. The molecule has 0 bridgehead atoms. The van der Waals surface area contributed by atoms with E-state index in [0.717, 1.165) is 11.1 Å². The normalized spacial score (nSPS) is 11.0. The van der Waals surface area contributed by atoms with Gasteiger partial charge in [-0.1, -0.05) is 0 Å². The zero-order valence-electron chi connectivity index (χ0n) is 12.3. The van der Waals surface area contributed by atoms with Crippen LogP contribution in [0.3, 0.4) is 0 Å². The molecule has 112 valence electrons. The van der Waals surface area contributed by atoms with Crippen molar-refractivity contribution in [2.75, 3.05) is 0 Å². The number of aryl methyl sites for hydroxylation is 2. The molecule has 1 aromatic carbocycles. The van der Waals surface area contributed by atoms with Gasteiger partial charge in [-0.2, -0.15) is 0 Å². The molecular weight excluding hydrogens is 283 g/mol. The molecule has 0 aliphatic heterocycles. The average Bonchev–Trinajstić information content (AvgIpc) is 2.79. The first kappa shape index (κ1) is 14.3. The number of halogens is 1. The van der Waals surface area contributed by atoms with Gasteiger partial charge in [0.05, 0.1) is 17.8 Å². The second-order valence-electron chi connectivity index (χ2n) is 5.37. The van der Waals surface area contributed by atoms with Gasteiger partial charge in [0, 0.05) is 11.8 Å². The predicted molar refractivity (Wildman–Crippen MR) is 81.4 cm³/mol. The fourth-order valence-electron chi connectivity index (χ4n) is 2.53. The van der Waals surface area contributed by atoms with Crippen molar-refractivity contribution < 1.29 is 14.3 Å². The van der Waals surface area contributed by atoms with Crippen LogP contribution in [-0.2, 0) is 11.2 Å². The number of pyridine rings is 1. The average molecular weight is 298 g/mol. The van der Waals surface area contributed by atoms with Crippen LogP contribution in [0.25, 0.3) is 16.9 Å². The number of carboxylic acids is 1. The molecule has 0 unspecified atom stereocenters. The molecule has 2 heterocycles. The molecule has 4 nitrogen and oxygen atoms in total. The second kappa shape index (κ2) is 5.26. The molecule has 0 aliphatic carbocycles. The Kier molecular flexibility index (Phi) is 3.41. The Balaban J connectivity index is 2.26. The third kappa shape index (κ3) is 2.45. The minimum atomic E-state index is -0.928. The summed E-state index contributed by atoms with van der Waals surface area (Å²) >= 11 is 0. The van der Waals surface area contributed by atoms with Gasteiger partial charge >= 0.3 is 5.97 Å². The summed E-state index contributed by atoms with van der Waals surface area (Å²) in [6, 6.07) is 8.49. The van der Waals surface area contributed by atoms with Gasteiger partial charge in [-0.15, -0.1) is 0 Å². The second-order valence-corrected chi connectivity index (χ2v) is 5.37. The molecule has 3 aromatic rings. The number of carbonyl (C=O) groups is 1. The van der Waals surface area contributed by atoms with Crippen LogP contribution in [-0.4, -0.2) is 20.5 Å². The van der Waals surface area contributed by atoms with Crippen LogP contribution in [0.1, 0.15) is 16.8 Å².